The molecule has 1 aromatic heterocycles. The summed E-state index contributed by atoms with van der Waals surface area (Å²) in [5.41, 5.74) is 2.44. The van der Waals surface area contributed by atoms with Gasteiger partial charge in [-0.15, -0.1) is 0 Å². The molecule has 1 amide bonds. The number of fused-ring (bicyclic) bond motifs is 1. The first-order valence-corrected chi connectivity index (χ1v) is 5.62. The summed E-state index contributed by atoms with van der Waals surface area (Å²) in [5, 5.41) is 5.95. The van der Waals surface area contributed by atoms with Gasteiger partial charge >= 0.3 is 6.09 Å². The van der Waals surface area contributed by atoms with Gasteiger partial charge in [-0.25, -0.2) is 4.79 Å². The number of pyridine rings is 1. The second-order valence-electron chi connectivity index (χ2n) is 5.06. The maximum Gasteiger partial charge on any atom is 0.412 e. The van der Waals surface area contributed by atoms with E-state index in [0.29, 0.717) is 0 Å². The van der Waals surface area contributed by atoms with Crippen LogP contribution in [0.5, 0.6) is 0 Å². The van der Waals surface area contributed by atoms with E-state index in [1.54, 1.807) is 6.20 Å². The van der Waals surface area contributed by atoms with E-state index in [4.69, 9.17) is 4.74 Å². The molecule has 0 aromatic carbocycles. The zero-order valence-electron chi connectivity index (χ0n) is 10.3. The number of nitrogens with zero attached hydrogens (tertiary/aromatic N) is 1. The zero-order chi connectivity index (χ0) is 12.5. The van der Waals surface area contributed by atoms with Crippen LogP contribution in [0, 0.1) is 0 Å². The Morgan fingerprint density at radius 3 is 2.88 bits per heavy atom. The van der Waals surface area contributed by atoms with Gasteiger partial charge in [0, 0.05) is 19.3 Å². The van der Waals surface area contributed by atoms with Crippen molar-refractivity contribution in [3.05, 3.63) is 23.5 Å². The molecule has 0 bridgehead atoms. The molecule has 5 nitrogen and oxygen atoms in total. The first-order valence-electron chi connectivity index (χ1n) is 5.62. The number of anilines is 1. The third-order valence-electron chi connectivity index (χ3n) is 2.40. The first kappa shape index (κ1) is 11.9. The molecule has 0 saturated carbocycles. The minimum absolute atomic E-state index is 0.445. The lowest BCUT2D eigenvalue weighted by molar-refractivity contribution is 0.0635. The van der Waals surface area contributed by atoms with E-state index in [0.717, 1.165) is 29.9 Å². The number of nitrogens with one attached hydrogen (secondary N) is 2. The molecule has 1 aromatic rings. The number of carbonyl (C=O) groups excluding carboxylic acids is 1. The number of hydrogen-bond acceptors (Lipinski definition) is 4. The molecule has 1 aliphatic heterocycles. The van der Waals surface area contributed by atoms with E-state index in [-0.39, 0.29) is 0 Å². The molecule has 2 heterocycles. The maximum atomic E-state index is 11.6. The largest absolute Gasteiger partial charge is 0.444 e. The number of amides is 1. The van der Waals surface area contributed by atoms with Crippen LogP contribution in [-0.2, 0) is 17.8 Å². The van der Waals surface area contributed by atoms with Crippen molar-refractivity contribution in [1.29, 1.82) is 0 Å². The van der Waals surface area contributed by atoms with Gasteiger partial charge in [-0.1, -0.05) is 0 Å². The van der Waals surface area contributed by atoms with E-state index in [1.165, 1.54) is 0 Å². The molecular weight excluding hydrogens is 218 g/mol. The van der Waals surface area contributed by atoms with Crippen molar-refractivity contribution >= 4 is 11.8 Å². The quantitative estimate of drug-likeness (QED) is 0.781. The number of ether oxygens (including phenoxy) is 1. The fourth-order valence-electron chi connectivity index (χ4n) is 1.74. The van der Waals surface area contributed by atoms with E-state index >= 15 is 0 Å². The summed E-state index contributed by atoms with van der Waals surface area (Å²) in [6.45, 7) is 7.06. The van der Waals surface area contributed by atoms with Crippen molar-refractivity contribution < 1.29 is 9.53 Å². The molecule has 0 unspecified atom stereocenters. The molecule has 0 aliphatic carbocycles. The van der Waals surface area contributed by atoms with Crippen molar-refractivity contribution in [2.75, 3.05) is 5.32 Å². The summed E-state index contributed by atoms with van der Waals surface area (Å²) >= 11 is 0. The molecule has 2 rings (SSSR count). The Morgan fingerprint density at radius 1 is 1.41 bits per heavy atom. The highest BCUT2D eigenvalue weighted by atomic mass is 16.6. The van der Waals surface area contributed by atoms with Crippen LogP contribution in [0.3, 0.4) is 0 Å². The lowest BCUT2D eigenvalue weighted by Gasteiger charge is -2.20. The van der Waals surface area contributed by atoms with Crippen molar-refractivity contribution in [2.24, 2.45) is 0 Å². The van der Waals surface area contributed by atoms with Gasteiger partial charge in [0.15, 0.2) is 0 Å². The molecular formula is C12H17N3O2. The minimum atomic E-state index is -0.492. The number of hydrogen-bond donors (Lipinski definition) is 2. The van der Waals surface area contributed by atoms with E-state index in [9.17, 15) is 4.79 Å². The molecule has 2 N–H and O–H groups in total. The molecule has 0 radical (unpaired) electrons. The summed E-state index contributed by atoms with van der Waals surface area (Å²) in [7, 11) is 0. The SMILES string of the molecule is CC(C)(C)OC(=O)Nc1cncc2c1CNC2. The van der Waals surface area contributed by atoms with E-state index < -0.39 is 11.7 Å². The van der Waals surface area contributed by atoms with Crippen LogP contribution in [0.1, 0.15) is 31.9 Å². The Hall–Kier alpha value is -1.62. The highest BCUT2D eigenvalue weighted by Crippen LogP contribution is 2.23. The van der Waals surface area contributed by atoms with Gasteiger partial charge in [-0.2, -0.15) is 0 Å². The lowest BCUT2D eigenvalue weighted by Crippen LogP contribution is -2.27. The molecule has 92 valence electrons. The topological polar surface area (TPSA) is 63.2 Å². The van der Waals surface area contributed by atoms with Gasteiger partial charge in [-0.3, -0.25) is 10.3 Å². The third kappa shape index (κ3) is 2.94. The van der Waals surface area contributed by atoms with Crippen LogP contribution in [0.15, 0.2) is 12.4 Å². The highest BCUT2D eigenvalue weighted by Gasteiger charge is 2.19. The Labute approximate surface area is 101 Å². The van der Waals surface area contributed by atoms with Crippen LogP contribution in [-0.4, -0.2) is 16.7 Å². The van der Waals surface area contributed by atoms with Gasteiger partial charge in [0.25, 0.3) is 0 Å². The van der Waals surface area contributed by atoms with Crippen molar-refractivity contribution in [1.82, 2.24) is 10.3 Å². The second-order valence-corrected chi connectivity index (χ2v) is 5.06. The summed E-state index contributed by atoms with van der Waals surface area (Å²) in [4.78, 5) is 15.7. The average molecular weight is 235 g/mol. The molecule has 0 saturated heterocycles. The standard InChI is InChI=1S/C12H17N3O2/c1-12(2,3)17-11(16)15-10-7-14-5-8-4-13-6-9(8)10/h5,7,13H,4,6H2,1-3H3,(H,15,16). The number of rotatable bonds is 1. The van der Waals surface area contributed by atoms with Gasteiger partial charge in [-0.05, 0) is 31.9 Å². The summed E-state index contributed by atoms with van der Waals surface area (Å²) in [6.07, 6.45) is 3.02. The van der Waals surface area contributed by atoms with E-state index in [2.05, 4.69) is 15.6 Å². The maximum absolute atomic E-state index is 11.6. The molecule has 17 heavy (non-hydrogen) atoms. The fraction of sp³-hybridized carbons (Fsp3) is 0.500. The third-order valence-corrected chi connectivity index (χ3v) is 2.40. The van der Waals surface area contributed by atoms with Crippen LogP contribution in [0.25, 0.3) is 0 Å². The van der Waals surface area contributed by atoms with Crippen LogP contribution in [0.4, 0.5) is 10.5 Å². The summed E-state index contributed by atoms with van der Waals surface area (Å²) < 4.78 is 5.20. The molecule has 5 heteroatoms. The Bertz CT molecular complexity index is 438. The molecule has 0 atom stereocenters. The van der Waals surface area contributed by atoms with Crippen LogP contribution >= 0.6 is 0 Å². The van der Waals surface area contributed by atoms with Crippen LogP contribution < -0.4 is 10.6 Å². The van der Waals surface area contributed by atoms with Gasteiger partial charge in [0.05, 0.1) is 11.9 Å². The summed E-state index contributed by atoms with van der Waals surface area (Å²) in [5.74, 6) is 0. The number of aromatic nitrogens is 1. The average Bonchev–Trinajstić information content (AvgIpc) is 2.63. The highest BCUT2D eigenvalue weighted by molar-refractivity contribution is 5.86. The van der Waals surface area contributed by atoms with Gasteiger partial charge in [0.2, 0.25) is 0 Å². The zero-order valence-corrected chi connectivity index (χ0v) is 10.3. The fourth-order valence-corrected chi connectivity index (χ4v) is 1.74. The smallest absolute Gasteiger partial charge is 0.412 e. The van der Waals surface area contributed by atoms with Crippen molar-refractivity contribution in [2.45, 2.75) is 39.5 Å². The number of carbonyl (C=O) groups is 1. The summed E-state index contributed by atoms with van der Waals surface area (Å²) in [6, 6.07) is 0. The van der Waals surface area contributed by atoms with Gasteiger partial charge < -0.3 is 10.1 Å². The Kier molecular flexibility index (Phi) is 3.02. The predicted molar refractivity (Wildman–Crippen MR) is 64.6 cm³/mol. The molecule has 0 spiro atoms. The van der Waals surface area contributed by atoms with Crippen molar-refractivity contribution in [3.63, 3.8) is 0 Å². The van der Waals surface area contributed by atoms with Crippen LogP contribution in [0.2, 0.25) is 0 Å². The second kappa shape index (κ2) is 4.33. The monoisotopic (exact) mass is 235 g/mol. The minimum Gasteiger partial charge on any atom is -0.444 e. The van der Waals surface area contributed by atoms with Gasteiger partial charge in [0.1, 0.15) is 5.60 Å². The Balaban J connectivity index is 2.10. The molecule has 0 fully saturated rings. The van der Waals surface area contributed by atoms with Crippen molar-refractivity contribution in [3.8, 4) is 0 Å². The predicted octanol–water partition coefficient (Wildman–Crippen LogP) is 2.03. The Morgan fingerprint density at radius 2 is 2.18 bits per heavy atom. The normalized spacial score (nSPS) is 14.3. The molecule has 1 aliphatic rings. The first-order chi connectivity index (χ1) is 7.96. The van der Waals surface area contributed by atoms with E-state index in [1.807, 2.05) is 27.0 Å². The lowest BCUT2D eigenvalue weighted by atomic mass is 10.1.